The molecule has 0 aromatic carbocycles. The molecule has 0 amide bonds. The van der Waals surface area contributed by atoms with E-state index in [4.69, 9.17) is 0 Å². The third-order valence-corrected chi connectivity index (χ3v) is 2.48. The summed E-state index contributed by atoms with van der Waals surface area (Å²) in [5.41, 5.74) is 2.30. The van der Waals surface area contributed by atoms with Gasteiger partial charge in [0.2, 0.25) is 0 Å². The number of aromatic nitrogens is 2. The van der Waals surface area contributed by atoms with E-state index >= 15 is 0 Å². The Balaban J connectivity index is 2.82. The van der Waals surface area contributed by atoms with E-state index in [0.717, 1.165) is 17.8 Å². The minimum atomic E-state index is 0.0756. The molecule has 3 nitrogen and oxygen atoms in total. The highest BCUT2D eigenvalue weighted by Crippen LogP contribution is 2.21. The second kappa shape index (κ2) is 4.17. The molecule has 84 valence electrons. The maximum absolute atomic E-state index is 10.9. The molecule has 0 bridgehead atoms. The van der Waals surface area contributed by atoms with Gasteiger partial charge in [0.1, 0.15) is 5.78 Å². The number of ketones is 1. The van der Waals surface area contributed by atoms with Gasteiger partial charge in [-0.25, -0.2) is 0 Å². The summed E-state index contributed by atoms with van der Waals surface area (Å²) in [6.07, 6.45) is 1.39. The molecule has 0 fully saturated rings. The molecule has 3 heteroatoms. The first-order valence-corrected chi connectivity index (χ1v) is 5.33. The van der Waals surface area contributed by atoms with Crippen LogP contribution in [0.4, 0.5) is 0 Å². The summed E-state index contributed by atoms with van der Waals surface area (Å²) in [5.74, 6) is 0.230. The van der Waals surface area contributed by atoms with Crippen LogP contribution in [0.25, 0.3) is 0 Å². The average molecular weight is 208 g/mol. The Labute approximate surface area is 91.5 Å². The Morgan fingerprint density at radius 1 is 1.47 bits per heavy atom. The molecule has 0 saturated heterocycles. The van der Waals surface area contributed by atoms with Crippen molar-refractivity contribution < 1.29 is 4.79 Å². The Morgan fingerprint density at radius 2 is 2.07 bits per heavy atom. The highest BCUT2D eigenvalue weighted by molar-refractivity contribution is 5.75. The molecule has 1 aromatic heterocycles. The van der Waals surface area contributed by atoms with Crippen LogP contribution in [0.5, 0.6) is 0 Å². The zero-order valence-electron chi connectivity index (χ0n) is 10.3. The molecule has 1 aromatic rings. The van der Waals surface area contributed by atoms with Gasteiger partial charge < -0.3 is 4.79 Å². The molecule has 0 saturated carbocycles. The number of Topliss-reactive ketones (excluding diaryl/α,β-unsaturated/α-hetero) is 1. The van der Waals surface area contributed by atoms with Crippen LogP contribution in [0.1, 0.15) is 45.5 Å². The number of nitrogens with zero attached hydrogens (tertiary/aromatic N) is 2. The summed E-state index contributed by atoms with van der Waals surface area (Å²) in [7, 11) is 1.94. The molecular weight excluding hydrogens is 188 g/mol. The van der Waals surface area contributed by atoms with E-state index in [0.29, 0.717) is 6.42 Å². The average Bonchev–Trinajstić information content (AvgIpc) is 2.42. The molecule has 0 radical (unpaired) electrons. The van der Waals surface area contributed by atoms with Gasteiger partial charge in [-0.1, -0.05) is 20.8 Å². The first-order chi connectivity index (χ1) is 6.80. The van der Waals surface area contributed by atoms with Gasteiger partial charge in [0.15, 0.2) is 0 Å². The summed E-state index contributed by atoms with van der Waals surface area (Å²) < 4.78 is 1.88. The van der Waals surface area contributed by atoms with E-state index in [1.165, 1.54) is 0 Å². The number of aryl methyl sites for hydroxylation is 2. The first kappa shape index (κ1) is 12.0. The molecule has 0 atom stereocenters. The highest BCUT2D eigenvalue weighted by Gasteiger charge is 2.18. The van der Waals surface area contributed by atoms with E-state index < -0.39 is 0 Å². The smallest absolute Gasteiger partial charge is 0.130 e. The number of hydrogen-bond donors (Lipinski definition) is 0. The maximum Gasteiger partial charge on any atom is 0.130 e. The van der Waals surface area contributed by atoms with Crippen LogP contribution in [-0.4, -0.2) is 15.6 Å². The van der Waals surface area contributed by atoms with Gasteiger partial charge >= 0.3 is 0 Å². The SMILES string of the molecule is CC(=O)CCc1cc(C(C)(C)C)nn1C. The van der Waals surface area contributed by atoms with Crippen molar-refractivity contribution in [3.8, 4) is 0 Å². The van der Waals surface area contributed by atoms with E-state index in [-0.39, 0.29) is 11.2 Å². The zero-order valence-corrected chi connectivity index (χ0v) is 10.3. The number of carbonyl (C=O) groups is 1. The molecular formula is C12H20N2O. The molecule has 1 heterocycles. The number of rotatable bonds is 3. The third kappa shape index (κ3) is 3.18. The first-order valence-electron chi connectivity index (χ1n) is 5.33. The maximum atomic E-state index is 10.9. The second-order valence-corrected chi connectivity index (χ2v) is 5.10. The predicted molar refractivity (Wildman–Crippen MR) is 60.9 cm³/mol. The Hall–Kier alpha value is -1.12. The Kier molecular flexibility index (Phi) is 3.32. The van der Waals surface area contributed by atoms with Crippen molar-refractivity contribution in [1.82, 2.24) is 9.78 Å². The molecule has 0 spiro atoms. The van der Waals surface area contributed by atoms with Gasteiger partial charge in [-0.15, -0.1) is 0 Å². The molecule has 0 aliphatic rings. The largest absolute Gasteiger partial charge is 0.300 e. The van der Waals surface area contributed by atoms with Crippen LogP contribution < -0.4 is 0 Å². The van der Waals surface area contributed by atoms with Crippen LogP contribution in [0, 0.1) is 0 Å². The van der Waals surface area contributed by atoms with Gasteiger partial charge in [0, 0.05) is 24.6 Å². The fraction of sp³-hybridized carbons (Fsp3) is 0.667. The minimum absolute atomic E-state index is 0.0756. The van der Waals surface area contributed by atoms with E-state index in [9.17, 15) is 4.79 Å². The van der Waals surface area contributed by atoms with Crippen molar-refractivity contribution in [2.24, 2.45) is 7.05 Å². The normalized spacial score (nSPS) is 11.8. The lowest BCUT2D eigenvalue weighted by molar-refractivity contribution is -0.117. The van der Waals surface area contributed by atoms with Crippen molar-refractivity contribution in [2.45, 2.75) is 46.0 Å². The third-order valence-electron chi connectivity index (χ3n) is 2.48. The minimum Gasteiger partial charge on any atom is -0.300 e. The molecule has 0 aliphatic heterocycles. The van der Waals surface area contributed by atoms with Crippen LogP contribution >= 0.6 is 0 Å². The molecule has 15 heavy (non-hydrogen) atoms. The van der Waals surface area contributed by atoms with E-state index in [1.54, 1.807) is 6.92 Å². The van der Waals surface area contributed by atoms with Crippen molar-refractivity contribution in [2.75, 3.05) is 0 Å². The molecule has 0 aliphatic carbocycles. The van der Waals surface area contributed by atoms with Crippen molar-refractivity contribution in [3.05, 3.63) is 17.5 Å². The summed E-state index contributed by atoms with van der Waals surface area (Å²) in [6, 6.07) is 2.10. The van der Waals surface area contributed by atoms with Crippen molar-refractivity contribution >= 4 is 5.78 Å². The van der Waals surface area contributed by atoms with Gasteiger partial charge in [-0.05, 0) is 19.4 Å². The number of carbonyl (C=O) groups excluding carboxylic acids is 1. The number of hydrogen-bond acceptors (Lipinski definition) is 2. The topological polar surface area (TPSA) is 34.9 Å². The summed E-state index contributed by atoms with van der Waals surface area (Å²) in [5, 5.41) is 4.47. The zero-order chi connectivity index (χ0) is 11.6. The summed E-state index contributed by atoms with van der Waals surface area (Å²) in [6.45, 7) is 8.05. The summed E-state index contributed by atoms with van der Waals surface area (Å²) >= 11 is 0. The van der Waals surface area contributed by atoms with Crippen molar-refractivity contribution in [1.29, 1.82) is 0 Å². The van der Waals surface area contributed by atoms with E-state index in [2.05, 4.69) is 31.9 Å². The molecule has 1 rings (SSSR count). The monoisotopic (exact) mass is 208 g/mol. The predicted octanol–water partition coefficient (Wildman–Crippen LogP) is 2.24. The second-order valence-electron chi connectivity index (χ2n) is 5.10. The van der Waals surface area contributed by atoms with Gasteiger partial charge in [0.05, 0.1) is 5.69 Å². The van der Waals surface area contributed by atoms with Crippen LogP contribution in [0.15, 0.2) is 6.07 Å². The lowest BCUT2D eigenvalue weighted by Gasteiger charge is -2.13. The van der Waals surface area contributed by atoms with Gasteiger partial charge in [-0.3, -0.25) is 4.68 Å². The quantitative estimate of drug-likeness (QED) is 0.763. The lowest BCUT2D eigenvalue weighted by atomic mass is 9.92. The van der Waals surface area contributed by atoms with Crippen LogP contribution in [0.3, 0.4) is 0 Å². The standard InChI is InChI=1S/C12H20N2O/c1-9(15)6-7-10-8-11(12(2,3)4)13-14(10)5/h8H,6-7H2,1-5H3. The fourth-order valence-corrected chi connectivity index (χ4v) is 1.41. The summed E-state index contributed by atoms with van der Waals surface area (Å²) in [4.78, 5) is 10.9. The van der Waals surface area contributed by atoms with Gasteiger partial charge in [-0.2, -0.15) is 5.10 Å². The Morgan fingerprint density at radius 3 is 2.47 bits per heavy atom. The lowest BCUT2D eigenvalue weighted by Crippen LogP contribution is -2.12. The Bertz CT molecular complexity index is 358. The fourth-order valence-electron chi connectivity index (χ4n) is 1.41. The van der Waals surface area contributed by atoms with Crippen LogP contribution in [0.2, 0.25) is 0 Å². The molecule has 0 N–H and O–H groups in total. The van der Waals surface area contributed by atoms with Crippen molar-refractivity contribution in [3.63, 3.8) is 0 Å². The van der Waals surface area contributed by atoms with E-state index in [1.807, 2.05) is 11.7 Å². The molecule has 0 unspecified atom stereocenters. The highest BCUT2D eigenvalue weighted by atomic mass is 16.1. The van der Waals surface area contributed by atoms with Crippen LogP contribution in [-0.2, 0) is 23.7 Å². The van der Waals surface area contributed by atoms with Gasteiger partial charge in [0.25, 0.3) is 0 Å².